The van der Waals surface area contributed by atoms with Crippen LogP contribution in [0.4, 0.5) is 5.69 Å². The fraction of sp³-hybridized carbons (Fsp3) is 0.179. The van der Waals surface area contributed by atoms with Gasteiger partial charge >= 0.3 is 5.97 Å². The smallest absolute Gasteiger partial charge is 0.335 e. The van der Waals surface area contributed by atoms with Crippen LogP contribution in [0.3, 0.4) is 0 Å². The molecule has 35 heavy (non-hydrogen) atoms. The summed E-state index contributed by atoms with van der Waals surface area (Å²) in [6.45, 7) is 6.18. The van der Waals surface area contributed by atoms with E-state index in [9.17, 15) is 9.90 Å². The van der Waals surface area contributed by atoms with Gasteiger partial charge in [0.1, 0.15) is 0 Å². The molecule has 1 fully saturated rings. The minimum absolute atomic E-state index is 0.137. The SMILES string of the molecule is Cc1cccc(N2C(=S)NC(c3ccccn3)C2c2cc(C)n(-c3cccc(C(=O)O)c3)c2C)c1. The van der Waals surface area contributed by atoms with Gasteiger partial charge in [-0.25, -0.2) is 4.79 Å². The molecule has 2 N–H and O–H groups in total. The van der Waals surface area contributed by atoms with Gasteiger partial charge in [0.25, 0.3) is 0 Å². The molecule has 0 spiro atoms. The van der Waals surface area contributed by atoms with Gasteiger partial charge in [0, 0.05) is 29.0 Å². The summed E-state index contributed by atoms with van der Waals surface area (Å²) in [6.07, 6.45) is 1.80. The number of hydrogen-bond donors (Lipinski definition) is 2. The number of carboxylic acids is 1. The van der Waals surface area contributed by atoms with Crippen LogP contribution in [0.5, 0.6) is 0 Å². The minimum atomic E-state index is -0.944. The average Bonchev–Trinajstić information content (AvgIpc) is 3.34. The van der Waals surface area contributed by atoms with Gasteiger partial charge in [0.05, 0.1) is 23.3 Å². The van der Waals surface area contributed by atoms with Crippen LogP contribution in [0, 0.1) is 20.8 Å². The first-order valence-corrected chi connectivity index (χ1v) is 11.9. The second-order valence-corrected chi connectivity index (χ2v) is 9.24. The predicted octanol–water partition coefficient (Wildman–Crippen LogP) is 5.67. The lowest BCUT2D eigenvalue weighted by Crippen LogP contribution is -2.29. The van der Waals surface area contributed by atoms with Crippen molar-refractivity contribution in [1.82, 2.24) is 14.9 Å². The number of aromatic carboxylic acids is 1. The Morgan fingerprint density at radius 2 is 1.74 bits per heavy atom. The molecule has 176 valence electrons. The van der Waals surface area contributed by atoms with Gasteiger partial charge < -0.3 is 19.9 Å². The van der Waals surface area contributed by atoms with Gasteiger partial charge in [-0.1, -0.05) is 24.3 Å². The Morgan fingerprint density at radius 3 is 2.46 bits per heavy atom. The fourth-order valence-electron chi connectivity index (χ4n) is 4.99. The molecule has 3 heterocycles. The van der Waals surface area contributed by atoms with Crippen LogP contribution in [0.15, 0.2) is 79.0 Å². The number of pyridine rings is 1. The summed E-state index contributed by atoms with van der Waals surface area (Å²) in [5, 5.41) is 13.7. The van der Waals surface area contributed by atoms with Crippen molar-refractivity contribution in [2.24, 2.45) is 0 Å². The molecule has 2 aromatic heterocycles. The normalized spacial score (nSPS) is 17.5. The largest absolute Gasteiger partial charge is 0.478 e. The number of rotatable bonds is 5. The maximum Gasteiger partial charge on any atom is 0.335 e. The van der Waals surface area contributed by atoms with Gasteiger partial charge in [0.15, 0.2) is 5.11 Å². The standard InChI is InChI=1S/C28H26N4O2S/c1-17-8-6-10-21(14-17)32-26(25(30-28(32)35)24-12-4-5-13-29-24)23-15-18(2)31(19(23)3)22-11-7-9-20(16-22)27(33)34/h4-16,25-26H,1-3H3,(H,30,35)(H,33,34). The Bertz CT molecular complexity index is 1430. The summed E-state index contributed by atoms with van der Waals surface area (Å²) in [5.74, 6) is -0.944. The third kappa shape index (κ3) is 4.08. The highest BCUT2D eigenvalue weighted by atomic mass is 32.1. The molecule has 7 heteroatoms. The molecular formula is C28H26N4O2S. The number of nitrogens with zero attached hydrogens (tertiary/aromatic N) is 3. The number of aromatic nitrogens is 2. The zero-order chi connectivity index (χ0) is 24.7. The summed E-state index contributed by atoms with van der Waals surface area (Å²) in [6, 6.07) is 23.1. The van der Waals surface area contributed by atoms with E-state index in [0.717, 1.165) is 39.6 Å². The molecule has 2 unspecified atom stereocenters. The second-order valence-electron chi connectivity index (χ2n) is 8.85. The molecule has 1 saturated heterocycles. The molecule has 2 aromatic carbocycles. The van der Waals surface area contributed by atoms with Crippen molar-refractivity contribution < 1.29 is 9.90 Å². The van der Waals surface area contributed by atoms with Gasteiger partial charge in [-0.15, -0.1) is 0 Å². The van der Waals surface area contributed by atoms with Crippen molar-refractivity contribution in [3.8, 4) is 5.69 Å². The van der Waals surface area contributed by atoms with Crippen molar-refractivity contribution in [2.45, 2.75) is 32.9 Å². The van der Waals surface area contributed by atoms with Crippen LogP contribution in [-0.4, -0.2) is 25.7 Å². The maximum absolute atomic E-state index is 11.6. The number of aryl methyl sites for hydroxylation is 2. The lowest BCUT2D eigenvalue weighted by molar-refractivity contribution is 0.0697. The first-order chi connectivity index (χ1) is 16.8. The van der Waals surface area contributed by atoms with Gasteiger partial charge in [0.2, 0.25) is 0 Å². The minimum Gasteiger partial charge on any atom is -0.478 e. The van der Waals surface area contributed by atoms with Crippen LogP contribution >= 0.6 is 12.2 Å². The van der Waals surface area contributed by atoms with E-state index in [4.69, 9.17) is 12.2 Å². The molecular weight excluding hydrogens is 456 g/mol. The maximum atomic E-state index is 11.6. The summed E-state index contributed by atoms with van der Waals surface area (Å²) in [5.41, 5.74) is 7.30. The highest BCUT2D eigenvalue weighted by molar-refractivity contribution is 7.80. The lowest BCUT2D eigenvalue weighted by atomic mass is 9.96. The van der Waals surface area contributed by atoms with Crippen LogP contribution in [0.2, 0.25) is 0 Å². The molecule has 0 bridgehead atoms. The topological polar surface area (TPSA) is 70.4 Å². The monoisotopic (exact) mass is 482 g/mol. The molecule has 0 radical (unpaired) electrons. The second kappa shape index (κ2) is 9.00. The quantitative estimate of drug-likeness (QED) is 0.357. The number of benzene rings is 2. The summed E-state index contributed by atoms with van der Waals surface area (Å²) in [7, 11) is 0. The first-order valence-electron chi connectivity index (χ1n) is 11.4. The molecule has 0 saturated carbocycles. The van der Waals surface area contributed by atoms with E-state index < -0.39 is 5.97 Å². The van der Waals surface area contributed by atoms with Gasteiger partial charge in [-0.2, -0.15) is 0 Å². The van der Waals surface area contributed by atoms with Crippen LogP contribution in [0.1, 0.15) is 50.7 Å². The zero-order valence-corrected chi connectivity index (χ0v) is 20.6. The van der Waals surface area contributed by atoms with E-state index in [2.05, 4.69) is 57.9 Å². The molecule has 2 atom stereocenters. The lowest BCUT2D eigenvalue weighted by Gasteiger charge is -2.28. The summed E-state index contributed by atoms with van der Waals surface area (Å²) in [4.78, 5) is 18.4. The Kier molecular flexibility index (Phi) is 5.86. The number of anilines is 1. The molecule has 4 aromatic rings. The Morgan fingerprint density at radius 1 is 0.971 bits per heavy atom. The molecule has 5 rings (SSSR count). The number of nitrogens with one attached hydrogen (secondary N) is 1. The third-order valence-corrected chi connectivity index (χ3v) is 6.83. The highest BCUT2D eigenvalue weighted by Crippen LogP contribution is 2.43. The number of carboxylic acid groups (broad SMARTS) is 1. The van der Waals surface area contributed by atoms with Gasteiger partial charge in [-0.3, -0.25) is 4.98 Å². The third-order valence-electron chi connectivity index (χ3n) is 6.52. The van der Waals surface area contributed by atoms with Crippen molar-refractivity contribution in [3.05, 3.63) is 113 Å². The van der Waals surface area contributed by atoms with E-state index in [1.807, 2.05) is 37.3 Å². The van der Waals surface area contributed by atoms with Crippen LogP contribution in [0.25, 0.3) is 5.69 Å². The van der Waals surface area contributed by atoms with Crippen molar-refractivity contribution in [3.63, 3.8) is 0 Å². The Balaban J connectivity index is 1.68. The van der Waals surface area contributed by atoms with Crippen molar-refractivity contribution >= 4 is 29.0 Å². The predicted molar refractivity (Wildman–Crippen MR) is 141 cm³/mol. The first kappa shape index (κ1) is 22.8. The van der Waals surface area contributed by atoms with E-state index in [1.165, 1.54) is 0 Å². The van der Waals surface area contributed by atoms with Crippen molar-refractivity contribution in [2.75, 3.05) is 4.90 Å². The Labute approximate surface area is 209 Å². The average molecular weight is 483 g/mol. The van der Waals surface area contributed by atoms with E-state index >= 15 is 0 Å². The fourth-order valence-corrected chi connectivity index (χ4v) is 5.34. The molecule has 6 nitrogen and oxygen atoms in total. The zero-order valence-electron chi connectivity index (χ0n) is 19.8. The number of thiocarbonyl (C=S) groups is 1. The molecule has 0 amide bonds. The molecule has 1 aliphatic rings. The van der Waals surface area contributed by atoms with Crippen LogP contribution < -0.4 is 10.2 Å². The Hall–Kier alpha value is -3.97. The molecule has 0 aliphatic carbocycles. The van der Waals surface area contributed by atoms with Crippen molar-refractivity contribution in [1.29, 1.82) is 0 Å². The molecule has 1 aliphatic heterocycles. The number of hydrogen-bond acceptors (Lipinski definition) is 3. The summed E-state index contributed by atoms with van der Waals surface area (Å²) >= 11 is 5.86. The van der Waals surface area contributed by atoms with E-state index in [-0.39, 0.29) is 17.6 Å². The van der Waals surface area contributed by atoms with Crippen LogP contribution in [-0.2, 0) is 0 Å². The highest BCUT2D eigenvalue weighted by Gasteiger charge is 2.42. The van der Waals surface area contributed by atoms with E-state index in [1.54, 1.807) is 24.4 Å². The number of carbonyl (C=O) groups is 1. The van der Waals surface area contributed by atoms with Gasteiger partial charge in [-0.05, 0) is 92.6 Å². The summed E-state index contributed by atoms with van der Waals surface area (Å²) < 4.78 is 2.10. The van der Waals surface area contributed by atoms with E-state index in [0.29, 0.717) is 5.11 Å².